The van der Waals surface area contributed by atoms with Crippen LogP contribution in [0, 0.1) is 6.92 Å². The van der Waals surface area contributed by atoms with E-state index in [4.69, 9.17) is 11.6 Å². The van der Waals surface area contributed by atoms with Crippen LogP contribution in [0.5, 0.6) is 5.75 Å². The van der Waals surface area contributed by atoms with Gasteiger partial charge in [0.25, 0.3) is 0 Å². The highest BCUT2D eigenvalue weighted by molar-refractivity contribution is 6.30. The molecule has 86 valence electrons. The zero-order valence-corrected chi connectivity index (χ0v) is 10.1. The second kappa shape index (κ2) is 5.02. The van der Waals surface area contributed by atoms with Crippen LogP contribution >= 0.6 is 11.6 Å². The van der Waals surface area contributed by atoms with E-state index in [2.05, 4.69) is 4.98 Å². The summed E-state index contributed by atoms with van der Waals surface area (Å²) < 4.78 is 0. The first-order valence-corrected chi connectivity index (χ1v) is 5.63. The number of aromatic nitrogens is 1. The summed E-state index contributed by atoms with van der Waals surface area (Å²) in [4.78, 5) is 4.24. The van der Waals surface area contributed by atoms with Gasteiger partial charge in [-0.2, -0.15) is 0 Å². The normalized spacial score (nSPS) is 10.9. The largest absolute Gasteiger partial charge is 0.506 e. The fraction of sp³-hybridized carbons (Fsp3) is 0.0714. The molecule has 1 aromatic heterocycles. The predicted octanol–water partition coefficient (Wildman–Crippen LogP) is 3.92. The number of nitrogens with zero attached hydrogens (tertiary/aromatic N) is 1. The van der Waals surface area contributed by atoms with E-state index in [1.807, 2.05) is 37.3 Å². The lowest BCUT2D eigenvalue weighted by Gasteiger charge is -1.99. The lowest BCUT2D eigenvalue weighted by molar-refractivity contribution is 0.471. The first kappa shape index (κ1) is 11.7. The van der Waals surface area contributed by atoms with Crippen LogP contribution in [0.25, 0.3) is 12.2 Å². The molecule has 0 bridgehead atoms. The molecule has 0 radical (unpaired) electrons. The third kappa shape index (κ3) is 3.08. The van der Waals surface area contributed by atoms with E-state index in [9.17, 15) is 5.11 Å². The molecule has 2 aromatic rings. The Hall–Kier alpha value is -1.80. The summed E-state index contributed by atoms with van der Waals surface area (Å²) in [5.41, 5.74) is 2.45. The van der Waals surface area contributed by atoms with Crippen molar-refractivity contribution in [3.63, 3.8) is 0 Å². The van der Waals surface area contributed by atoms with Crippen molar-refractivity contribution in [2.75, 3.05) is 0 Å². The quantitative estimate of drug-likeness (QED) is 0.870. The van der Waals surface area contributed by atoms with Crippen LogP contribution < -0.4 is 0 Å². The van der Waals surface area contributed by atoms with Gasteiger partial charge >= 0.3 is 0 Å². The molecule has 3 heteroatoms. The van der Waals surface area contributed by atoms with Crippen molar-refractivity contribution in [1.29, 1.82) is 0 Å². The van der Waals surface area contributed by atoms with E-state index in [-0.39, 0.29) is 5.75 Å². The van der Waals surface area contributed by atoms with Crippen LogP contribution in [0.2, 0.25) is 5.02 Å². The number of hydrogen-bond donors (Lipinski definition) is 1. The zero-order chi connectivity index (χ0) is 12.3. The average molecular weight is 246 g/mol. The van der Waals surface area contributed by atoms with E-state index < -0.39 is 0 Å². The SMILES string of the molecule is Cc1ccc(O)c(/C=C/c2ccc(Cl)cc2)n1. The Morgan fingerprint density at radius 2 is 1.76 bits per heavy atom. The lowest BCUT2D eigenvalue weighted by atomic mass is 10.2. The highest BCUT2D eigenvalue weighted by Crippen LogP contribution is 2.18. The Kier molecular flexibility index (Phi) is 3.45. The molecule has 1 heterocycles. The highest BCUT2D eigenvalue weighted by atomic mass is 35.5. The maximum Gasteiger partial charge on any atom is 0.141 e. The van der Waals surface area contributed by atoms with E-state index in [1.165, 1.54) is 0 Å². The Morgan fingerprint density at radius 3 is 2.47 bits per heavy atom. The van der Waals surface area contributed by atoms with Gasteiger partial charge in [0.15, 0.2) is 0 Å². The number of pyridine rings is 1. The van der Waals surface area contributed by atoms with Gasteiger partial charge in [-0.05, 0) is 42.8 Å². The number of benzene rings is 1. The molecule has 0 fully saturated rings. The number of halogens is 1. The van der Waals surface area contributed by atoms with E-state index in [0.29, 0.717) is 10.7 Å². The summed E-state index contributed by atoms with van der Waals surface area (Å²) in [6.45, 7) is 1.89. The van der Waals surface area contributed by atoms with Crippen molar-refractivity contribution in [1.82, 2.24) is 4.98 Å². The van der Waals surface area contributed by atoms with Gasteiger partial charge in [0.05, 0.1) is 0 Å². The van der Waals surface area contributed by atoms with E-state index >= 15 is 0 Å². The second-order valence-corrected chi connectivity index (χ2v) is 4.18. The highest BCUT2D eigenvalue weighted by Gasteiger charge is 1.98. The summed E-state index contributed by atoms with van der Waals surface area (Å²) in [5, 5.41) is 10.3. The van der Waals surface area contributed by atoms with Crippen molar-refractivity contribution >= 4 is 23.8 Å². The van der Waals surface area contributed by atoms with Gasteiger partial charge in [-0.1, -0.05) is 29.8 Å². The van der Waals surface area contributed by atoms with Crippen LogP contribution in [0.3, 0.4) is 0 Å². The summed E-state index contributed by atoms with van der Waals surface area (Å²) in [6, 6.07) is 10.9. The number of hydrogen-bond acceptors (Lipinski definition) is 2. The maximum atomic E-state index is 9.62. The molecule has 1 aromatic carbocycles. The number of aryl methyl sites for hydroxylation is 1. The molecule has 2 nitrogen and oxygen atoms in total. The van der Waals surface area contributed by atoms with Gasteiger partial charge < -0.3 is 5.11 Å². The fourth-order valence-electron chi connectivity index (χ4n) is 1.44. The first-order chi connectivity index (χ1) is 8.15. The average Bonchev–Trinajstić information content (AvgIpc) is 2.32. The fourth-order valence-corrected chi connectivity index (χ4v) is 1.57. The standard InChI is InChI=1S/C14H12ClNO/c1-10-2-9-14(17)13(16-10)8-5-11-3-6-12(15)7-4-11/h2-9,17H,1H3/b8-5+. The van der Waals surface area contributed by atoms with Gasteiger partial charge in [-0.3, -0.25) is 0 Å². The van der Waals surface area contributed by atoms with Crippen molar-refractivity contribution in [2.45, 2.75) is 6.92 Å². The summed E-state index contributed by atoms with van der Waals surface area (Å²) in [7, 11) is 0. The smallest absolute Gasteiger partial charge is 0.141 e. The molecular weight excluding hydrogens is 234 g/mol. The van der Waals surface area contributed by atoms with Gasteiger partial charge in [0.2, 0.25) is 0 Å². The minimum Gasteiger partial charge on any atom is -0.506 e. The maximum absolute atomic E-state index is 9.62. The Balaban J connectivity index is 2.25. The minimum absolute atomic E-state index is 0.181. The van der Waals surface area contributed by atoms with Gasteiger partial charge in [0.1, 0.15) is 11.4 Å². The van der Waals surface area contributed by atoms with Crippen molar-refractivity contribution in [3.8, 4) is 5.75 Å². The third-order valence-corrected chi connectivity index (χ3v) is 2.60. The van der Waals surface area contributed by atoms with Crippen LogP contribution in [0.15, 0.2) is 36.4 Å². The van der Waals surface area contributed by atoms with E-state index in [0.717, 1.165) is 11.3 Å². The molecule has 0 aliphatic heterocycles. The van der Waals surface area contributed by atoms with Crippen LogP contribution in [-0.2, 0) is 0 Å². The molecular formula is C14H12ClNO. The first-order valence-electron chi connectivity index (χ1n) is 5.25. The Labute approximate surface area is 105 Å². The molecule has 0 spiro atoms. The van der Waals surface area contributed by atoms with E-state index in [1.54, 1.807) is 18.2 Å². The molecule has 0 saturated heterocycles. The van der Waals surface area contributed by atoms with Crippen molar-refractivity contribution in [2.24, 2.45) is 0 Å². The molecule has 0 atom stereocenters. The van der Waals surface area contributed by atoms with Gasteiger partial charge in [0, 0.05) is 10.7 Å². The number of aromatic hydroxyl groups is 1. The third-order valence-electron chi connectivity index (χ3n) is 2.35. The molecule has 0 unspecified atom stereocenters. The van der Waals surface area contributed by atoms with Crippen LogP contribution in [-0.4, -0.2) is 10.1 Å². The van der Waals surface area contributed by atoms with Gasteiger partial charge in [-0.25, -0.2) is 4.98 Å². The Morgan fingerprint density at radius 1 is 1.06 bits per heavy atom. The predicted molar refractivity (Wildman–Crippen MR) is 71.0 cm³/mol. The van der Waals surface area contributed by atoms with Crippen molar-refractivity contribution < 1.29 is 5.11 Å². The summed E-state index contributed by atoms with van der Waals surface area (Å²) in [6.07, 6.45) is 3.67. The number of rotatable bonds is 2. The molecule has 2 rings (SSSR count). The van der Waals surface area contributed by atoms with Crippen molar-refractivity contribution in [3.05, 3.63) is 58.4 Å². The molecule has 1 N–H and O–H groups in total. The van der Waals surface area contributed by atoms with Gasteiger partial charge in [-0.15, -0.1) is 0 Å². The lowest BCUT2D eigenvalue weighted by Crippen LogP contribution is -1.85. The molecule has 0 aliphatic rings. The van der Waals surface area contributed by atoms with Crippen LogP contribution in [0.4, 0.5) is 0 Å². The second-order valence-electron chi connectivity index (χ2n) is 3.74. The molecule has 17 heavy (non-hydrogen) atoms. The molecule has 0 saturated carbocycles. The topological polar surface area (TPSA) is 33.1 Å². The molecule has 0 amide bonds. The monoisotopic (exact) mass is 245 g/mol. The van der Waals surface area contributed by atoms with Crippen LogP contribution in [0.1, 0.15) is 17.0 Å². The molecule has 0 aliphatic carbocycles. The Bertz CT molecular complexity index is 547. The summed E-state index contributed by atoms with van der Waals surface area (Å²) >= 11 is 5.80. The summed E-state index contributed by atoms with van der Waals surface area (Å²) in [5.74, 6) is 0.181. The minimum atomic E-state index is 0.181. The zero-order valence-electron chi connectivity index (χ0n) is 9.39.